The van der Waals surface area contributed by atoms with Crippen LogP contribution in [0, 0.1) is 0 Å². The topological polar surface area (TPSA) is 66.9 Å². The monoisotopic (exact) mass is 399 g/mol. The highest BCUT2D eigenvalue weighted by atomic mass is 19.4. The SMILES string of the molecule is CCOC(C)OC(=O)C(C)Oc1ccc(Oc2ccc(C(F)(F)F)cn2)cc1. The van der Waals surface area contributed by atoms with E-state index in [9.17, 15) is 18.0 Å². The van der Waals surface area contributed by atoms with E-state index in [1.165, 1.54) is 19.1 Å². The van der Waals surface area contributed by atoms with E-state index in [-0.39, 0.29) is 5.88 Å². The highest BCUT2D eigenvalue weighted by Crippen LogP contribution is 2.30. The zero-order valence-electron chi connectivity index (χ0n) is 15.5. The van der Waals surface area contributed by atoms with Gasteiger partial charge in [-0.1, -0.05) is 0 Å². The maximum Gasteiger partial charge on any atom is 0.417 e. The number of ether oxygens (including phenoxy) is 4. The molecule has 9 heteroatoms. The van der Waals surface area contributed by atoms with Crippen molar-refractivity contribution >= 4 is 5.97 Å². The molecule has 0 N–H and O–H groups in total. The maximum atomic E-state index is 12.5. The Labute approximate surface area is 160 Å². The van der Waals surface area contributed by atoms with Crippen LogP contribution in [0.4, 0.5) is 13.2 Å². The zero-order valence-corrected chi connectivity index (χ0v) is 15.5. The van der Waals surface area contributed by atoms with Crippen molar-refractivity contribution in [2.24, 2.45) is 0 Å². The Morgan fingerprint density at radius 2 is 1.71 bits per heavy atom. The molecule has 0 saturated heterocycles. The van der Waals surface area contributed by atoms with Gasteiger partial charge in [-0.2, -0.15) is 13.2 Å². The number of halogens is 3. The van der Waals surface area contributed by atoms with Crippen LogP contribution < -0.4 is 9.47 Å². The molecule has 1 aromatic heterocycles. The van der Waals surface area contributed by atoms with Crippen LogP contribution in [-0.2, 0) is 20.4 Å². The molecule has 2 atom stereocenters. The fourth-order valence-corrected chi connectivity index (χ4v) is 2.10. The van der Waals surface area contributed by atoms with Gasteiger partial charge in [-0.15, -0.1) is 0 Å². The lowest BCUT2D eigenvalue weighted by Crippen LogP contribution is -2.30. The summed E-state index contributed by atoms with van der Waals surface area (Å²) in [7, 11) is 0. The number of carbonyl (C=O) groups excluding carboxylic acids is 1. The van der Waals surface area contributed by atoms with Crippen LogP contribution in [0.5, 0.6) is 17.4 Å². The summed E-state index contributed by atoms with van der Waals surface area (Å²) in [5.74, 6) is 0.180. The molecule has 1 aromatic carbocycles. The van der Waals surface area contributed by atoms with Gasteiger partial charge in [0.1, 0.15) is 11.5 Å². The molecule has 0 aliphatic heterocycles. The predicted octanol–water partition coefficient (Wildman–Crippen LogP) is 4.59. The molecule has 2 aromatic rings. The Bertz CT molecular complexity index is 763. The molecule has 2 rings (SSSR count). The average Bonchev–Trinajstić information content (AvgIpc) is 2.63. The smallest absolute Gasteiger partial charge is 0.417 e. The van der Waals surface area contributed by atoms with Gasteiger partial charge in [-0.3, -0.25) is 0 Å². The standard InChI is InChI=1S/C19H20F3NO5/c1-4-25-13(3)27-18(24)12(2)26-15-6-8-16(9-7-15)28-17-10-5-14(11-23-17)19(20,21)22/h5-13H,4H2,1-3H3. The molecular formula is C19H20F3NO5. The van der Waals surface area contributed by atoms with Crippen molar-refractivity contribution in [1.82, 2.24) is 4.98 Å². The molecule has 0 fully saturated rings. The van der Waals surface area contributed by atoms with E-state index in [4.69, 9.17) is 18.9 Å². The molecule has 2 unspecified atom stereocenters. The zero-order chi connectivity index (χ0) is 20.7. The molecule has 0 aliphatic carbocycles. The maximum absolute atomic E-state index is 12.5. The number of hydrogen-bond donors (Lipinski definition) is 0. The number of pyridine rings is 1. The number of nitrogens with zero attached hydrogens (tertiary/aromatic N) is 1. The van der Waals surface area contributed by atoms with Gasteiger partial charge in [0, 0.05) is 18.9 Å². The Morgan fingerprint density at radius 1 is 1.07 bits per heavy atom. The fourth-order valence-electron chi connectivity index (χ4n) is 2.10. The number of benzene rings is 1. The number of aromatic nitrogens is 1. The Balaban J connectivity index is 1.91. The minimum Gasteiger partial charge on any atom is -0.479 e. The summed E-state index contributed by atoms with van der Waals surface area (Å²) in [6.45, 7) is 5.35. The van der Waals surface area contributed by atoms with Crippen LogP contribution in [-0.4, -0.2) is 30.0 Å². The lowest BCUT2D eigenvalue weighted by molar-refractivity contribution is -0.180. The molecule has 152 valence electrons. The molecular weight excluding hydrogens is 379 g/mol. The van der Waals surface area contributed by atoms with E-state index in [1.807, 2.05) is 0 Å². The lowest BCUT2D eigenvalue weighted by Gasteiger charge is -2.17. The van der Waals surface area contributed by atoms with Crippen molar-refractivity contribution in [2.45, 2.75) is 39.3 Å². The molecule has 0 aliphatic rings. The van der Waals surface area contributed by atoms with Gasteiger partial charge >= 0.3 is 12.1 Å². The van der Waals surface area contributed by atoms with Gasteiger partial charge < -0.3 is 18.9 Å². The van der Waals surface area contributed by atoms with Crippen LogP contribution in [0.3, 0.4) is 0 Å². The van der Waals surface area contributed by atoms with Crippen LogP contribution in [0.2, 0.25) is 0 Å². The second-order valence-corrected chi connectivity index (χ2v) is 5.68. The van der Waals surface area contributed by atoms with E-state index >= 15 is 0 Å². The molecule has 0 saturated carbocycles. The summed E-state index contributed by atoms with van der Waals surface area (Å²) in [5, 5.41) is 0. The average molecular weight is 399 g/mol. The second kappa shape index (κ2) is 9.41. The van der Waals surface area contributed by atoms with Crippen LogP contribution in [0.15, 0.2) is 42.6 Å². The summed E-state index contributed by atoms with van der Waals surface area (Å²) < 4.78 is 58.6. The van der Waals surface area contributed by atoms with Crippen molar-refractivity contribution in [3.05, 3.63) is 48.2 Å². The summed E-state index contributed by atoms with van der Waals surface area (Å²) in [6.07, 6.45) is -5.28. The van der Waals surface area contributed by atoms with Crippen LogP contribution in [0.25, 0.3) is 0 Å². The largest absolute Gasteiger partial charge is 0.479 e. The first-order chi connectivity index (χ1) is 13.2. The first-order valence-electron chi connectivity index (χ1n) is 8.49. The van der Waals surface area contributed by atoms with Crippen molar-refractivity contribution in [1.29, 1.82) is 0 Å². The molecule has 0 spiro atoms. The number of esters is 1. The summed E-state index contributed by atoms with van der Waals surface area (Å²) >= 11 is 0. The normalized spacial score (nSPS) is 13.5. The van der Waals surface area contributed by atoms with Gasteiger partial charge in [-0.25, -0.2) is 9.78 Å². The van der Waals surface area contributed by atoms with Crippen molar-refractivity contribution in [2.75, 3.05) is 6.61 Å². The van der Waals surface area contributed by atoms with Crippen molar-refractivity contribution in [3.8, 4) is 17.4 Å². The Morgan fingerprint density at radius 3 is 2.25 bits per heavy atom. The van der Waals surface area contributed by atoms with Gasteiger partial charge in [0.2, 0.25) is 5.88 Å². The third-order valence-electron chi connectivity index (χ3n) is 3.44. The number of rotatable bonds is 8. The van der Waals surface area contributed by atoms with E-state index in [1.54, 1.807) is 26.0 Å². The number of hydrogen-bond acceptors (Lipinski definition) is 6. The highest BCUT2D eigenvalue weighted by molar-refractivity contribution is 5.74. The summed E-state index contributed by atoms with van der Waals surface area (Å²) in [4.78, 5) is 15.5. The quantitative estimate of drug-likeness (QED) is 0.478. The van der Waals surface area contributed by atoms with Gasteiger partial charge in [-0.05, 0) is 51.1 Å². The van der Waals surface area contributed by atoms with E-state index in [2.05, 4.69) is 4.98 Å². The first-order valence-corrected chi connectivity index (χ1v) is 8.49. The molecule has 0 bridgehead atoms. The Hall–Kier alpha value is -2.81. The van der Waals surface area contributed by atoms with E-state index in [0.29, 0.717) is 24.3 Å². The predicted molar refractivity (Wildman–Crippen MR) is 93.0 cm³/mol. The molecule has 6 nitrogen and oxygen atoms in total. The van der Waals surface area contributed by atoms with E-state index < -0.39 is 30.1 Å². The van der Waals surface area contributed by atoms with E-state index in [0.717, 1.165) is 12.1 Å². The molecule has 0 amide bonds. The second-order valence-electron chi connectivity index (χ2n) is 5.68. The van der Waals surface area contributed by atoms with Gasteiger partial charge in [0.15, 0.2) is 12.4 Å². The lowest BCUT2D eigenvalue weighted by atomic mass is 10.3. The molecule has 28 heavy (non-hydrogen) atoms. The number of alkyl halides is 3. The summed E-state index contributed by atoms with van der Waals surface area (Å²) in [6, 6.07) is 8.19. The van der Waals surface area contributed by atoms with Gasteiger partial charge in [0.05, 0.1) is 5.56 Å². The third-order valence-corrected chi connectivity index (χ3v) is 3.44. The number of carbonyl (C=O) groups is 1. The fraction of sp³-hybridized carbons (Fsp3) is 0.368. The van der Waals surface area contributed by atoms with Crippen LogP contribution in [0.1, 0.15) is 26.3 Å². The molecule has 1 heterocycles. The van der Waals surface area contributed by atoms with Gasteiger partial charge in [0.25, 0.3) is 0 Å². The first kappa shape index (κ1) is 21.5. The minimum absolute atomic E-state index is 0.0172. The third kappa shape index (κ3) is 6.41. The minimum atomic E-state index is -4.46. The molecule has 0 radical (unpaired) electrons. The van der Waals surface area contributed by atoms with Crippen molar-refractivity contribution < 1.29 is 36.9 Å². The van der Waals surface area contributed by atoms with Crippen LogP contribution >= 0.6 is 0 Å². The highest BCUT2D eigenvalue weighted by Gasteiger charge is 2.30. The summed E-state index contributed by atoms with van der Waals surface area (Å²) in [5.41, 5.74) is -0.858. The van der Waals surface area contributed by atoms with Crippen molar-refractivity contribution in [3.63, 3.8) is 0 Å². The Kier molecular flexibility index (Phi) is 7.22.